The Labute approximate surface area is 170 Å². The lowest BCUT2D eigenvalue weighted by Gasteiger charge is -2.31. The molecule has 0 aliphatic carbocycles. The Morgan fingerprint density at radius 3 is 2.52 bits per heavy atom. The van der Waals surface area contributed by atoms with Gasteiger partial charge in [0, 0.05) is 13.1 Å². The van der Waals surface area contributed by atoms with E-state index in [2.05, 4.69) is 5.32 Å². The van der Waals surface area contributed by atoms with Crippen molar-refractivity contribution in [2.45, 2.75) is 24.7 Å². The van der Waals surface area contributed by atoms with Crippen LogP contribution in [-0.4, -0.2) is 44.3 Å². The van der Waals surface area contributed by atoms with Gasteiger partial charge in [-0.2, -0.15) is 4.31 Å². The summed E-state index contributed by atoms with van der Waals surface area (Å²) in [7, 11) is -3.65. The smallest absolute Gasteiger partial charge is 0.340 e. The molecule has 1 amide bonds. The third kappa shape index (κ3) is 4.83. The molecule has 0 unspecified atom stereocenters. The normalized spacial score (nSPS) is 17.5. The molecule has 0 radical (unpaired) electrons. The van der Waals surface area contributed by atoms with Gasteiger partial charge < -0.3 is 10.1 Å². The van der Waals surface area contributed by atoms with E-state index in [1.165, 1.54) is 4.31 Å². The standard InChI is InChI=1S/C21H24N2O5S/c1-2-28-21(25)18-12-6-7-13-19(18)22-20(24)16-9-8-14-23(15-16)29(26,27)17-10-4-3-5-11-17/h3-7,10-13,16H,2,8-9,14-15H2,1H3,(H,22,24)/t16-/m1/s1. The number of nitrogens with zero attached hydrogens (tertiary/aromatic N) is 1. The van der Waals surface area contributed by atoms with Crippen LogP contribution in [-0.2, 0) is 19.6 Å². The number of sulfonamides is 1. The van der Waals surface area contributed by atoms with Gasteiger partial charge in [-0.3, -0.25) is 4.79 Å². The minimum atomic E-state index is -3.65. The zero-order chi connectivity index (χ0) is 20.9. The summed E-state index contributed by atoms with van der Waals surface area (Å²) in [6, 6.07) is 14.8. The fourth-order valence-corrected chi connectivity index (χ4v) is 4.87. The number of ether oxygens (including phenoxy) is 1. The van der Waals surface area contributed by atoms with Crippen molar-refractivity contribution in [2.75, 3.05) is 25.0 Å². The van der Waals surface area contributed by atoms with Gasteiger partial charge in [0.1, 0.15) is 0 Å². The van der Waals surface area contributed by atoms with Crippen LogP contribution in [0.25, 0.3) is 0 Å². The summed E-state index contributed by atoms with van der Waals surface area (Å²) in [5.74, 6) is -1.33. The molecular formula is C21H24N2O5S. The molecule has 0 spiro atoms. The van der Waals surface area contributed by atoms with Gasteiger partial charge in [0.2, 0.25) is 15.9 Å². The van der Waals surface area contributed by atoms with Crippen molar-refractivity contribution < 1.29 is 22.7 Å². The second kappa shape index (κ2) is 9.19. The van der Waals surface area contributed by atoms with E-state index in [9.17, 15) is 18.0 Å². The lowest BCUT2D eigenvalue weighted by Crippen LogP contribution is -2.43. The second-order valence-electron chi connectivity index (χ2n) is 6.77. The molecule has 7 nitrogen and oxygen atoms in total. The largest absolute Gasteiger partial charge is 0.462 e. The van der Waals surface area contributed by atoms with Crippen LogP contribution in [0.5, 0.6) is 0 Å². The Morgan fingerprint density at radius 2 is 1.79 bits per heavy atom. The van der Waals surface area contributed by atoms with Gasteiger partial charge in [-0.25, -0.2) is 13.2 Å². The highest BCUT2D eigenvalue weighted by Crippen LogP contribution is 2.25. The highest BCUT2D eigenvalue weighted by Gasteiger charge is 2.33. The van der Waals surface area contributed by atoms with Crippen LogP contribution in [0.1, 0.15) is 30.1 Å². The molecule has 29 heavy (non-hydrogen) atoms. The fraction of sp³-hybridized carbons (Fsp3) is 0.333. The van der Waals surface area contributed by atoms with Crippen LogP contribution >= 0.6 is 0 Å². The van der Waals surface area contributed by atoms with Crippen LogP contribution in [0, 0.1) is 5.92 Å². The van der Waals surface area contributed by atoms with E-state index in [1.54, 1.807) is 61.5 Å². The number of nitrogens with one attached hydrogen (secondary N) is 1. The molecule has 154 valence electrons. The van der Waals surface area contributed by atoms with Gasteiger partial charge in [0.25, 0.3) is 0 Å². The number of carbonyl (C=O) groups excluding carboxylic acids is 2. The van der Waals surface area contributed by atoms with E-state index in [-0.39, 0.29) is 29.5 Å². The molecule has 1 aliphatic rings. The first-order valence-corrected chi connectivity index (χ1v) is 11.0. The quantitative estimate of drug-likeness (QED) is 0.731. The number of esters is 1. The summed E-state index contributed by atoms with van der Waals surface area (Å²) in [6.45, 7) is 2.42. The summed E-state index contributed by atoms with van der Waals surface area (Å²) in [4.78, 5) is 25.1. The maximum atomic E-state index is 12.9. The van der Waals surface area contributed by atoms with E-state index in [0.29, 0.717) is 25.1 Å². The third-order valence-corrected chi connectivity index (χ3v) is 6.70. The number of amides is 1. The van der Waals surface area contributed by atoms with Gasteiger partial charge in [-0.1, -0.05) is 30.3 Å². The van der Waals surface area contributed by atoms with Crippen LogP contribution < -0.4 is 5.32 Å². The predicted molar refractivity (Wildman–Crippen MR) is 109 cm³/mol. The number of benzene rings is 2. The SMILES string of the molecule is CCOC(=O)c1ccccc1NC(=O)[C@@H]1CCCN(S(=O)(=O)c2ccccc2)C1. The predicted octanol–water partition coefficient (Wildman–Crippen LogP) is 2.90. The molecule has 1 saturated heterocycles. The van der Waals surface area contributed by atoms with Crippen molar-refractivity contribution in [3.8, 4) is 0 Å². The van der Waals surface area contributed by atoms with E-state index < -0.39 is 21.9 Å². The Morgan fingerprint density at radius 1 is 1.10 bits per heavy atom. The molecule has 3 rings (SSSR count). The van der Waals surface area contributed by atoms with Crippen LogP contribution in [0.2, 0.25) is 0 Å². The van der Waals surface area contributed by atoms with E-state index >= 15 is 0 Å². The topological polar surface area (TPSA) is 92.8 Å². The number of hydrogen-bond donors (Lipinski definition) is 1. The van der Waals surface area contributed by atoms with Crippen molar-refractivity contribution >= 4 is 27.6 Å². The highest BCUT2D eigenvalue weighted by molar-refractivity contribution is 7.89. The Bertz CT molecular complexity index is 976. The molecule has 2 aromatic carbocycles. The van der Waals surface area contributed by atoms with Gasteiger partial charge in [-0.15, -0.1) is 0 Å². The zero-order valence-electron chi connectivity index (χ0n) is 16.2. The molecule has 1 fully saturated rings. The van der Waals surface area contributed by atoms with E-state index in [4.69, 9.17) is 4.74 Å². The summed E-state index contributed by atoms with van der Waals surface area (Å²) < 4.78 is 32.1. The fourth-order valence-electron chi connectivity index (χ4n) is 3.33. The van der Waals surface area contributed by atoms with Gasteiger partial charge in [-0.05, 0) is 44.0 Å². The highest BCUT2D eigenvalue weighted by atomic mass is 32.2. The number of hydrogen-bond acceptors (Lipinski definition) is 5. The first-order valence-electron chi connectivity index (χ1n) is 9.55. The van der Waals surface area contributed by atoms with E-state index in [0.717, 1.165) is 0 Å². The number of rotatable bonds is 6. The lowest BCUT2D eigenvalue weighted by molar-refractivity contribution is -0.120. The summed E-state index contributed by atoms with van der Waals surface area (Å²) in [5.41, 5.74) is 0.631. The van der Waals surface area contributed by atoms with Gasteiger partial charge >= 0.3 is 5.97 Å². The van der Waals surface area contributed by atoms with Crippen molar-refractivity contribution in [1.82, 2.24) is 4.31 Å². The molecule has 1 aliphatic heterocycles. The molecular weight excluding hydrogens is 392 g/mol. The molecule has 1 heterocycles. The first kappa shape index (κ1) is 21.0. The van der Waals surface area contributed by atoms with Gasteiger partial charge in [0.05, 0.1) is 28.7 Å². The lowest BCUT2D eigenvalue weighted by atomic mass is 9.98. The maximum Gasteiger partial charge on any atom is 0.340 e. The Balaban J connectivity index is 1.74. The number of piperidine rings is 1. The number of carbonyl (C=O) groups is 2. The minimum Gasteiger partial charge on any atom is -0.462 e. The second-order valence-corrected chi connectivity index (χ2v) is 8.71. The zero-order valence-corrected chi connectivity index (χ0v) is 17.0. The average molecular weight is 416 g/mol. The van der Waals surface area contributed by atoms with Crippen molar-refractivity contribution in [3.63, 3.8) is 0 Å². The van der Waals surface area contributed by atoms with Crippen LogP contribution in [0.15, 0.2) is 59.5 Å². The number of anilines is 1. The molecule has 8 heteroatoms. The minimum absolute atomic E-state index is 0.102. The summed E-state index contributed by atoms with van der Waals surface area (Å²) in [5, 5.41) is 2.77. The molecule has 0 saturated carbocycles. The Hall–Kier alpha value is -2.71. The van der Waals surface area contributed by atoms with Gasteiger partial charge in [0.15, 0.2) is 0 Å². The van der Waals surface area contributed by atoms with Crippen molar-refractivity contribution in [1.29, 1.82) is 0 Å². The van der Waals surface area contributed by atoms with Crippen LogP contribution in [0.4, 0.5) is 5.69 Å². The van der Waals surface area contributed by atoms with Crippen molar-refractivity contribution in [2.24, 2.45) is 5.92 Å². The number of para-hydroxylation sites is 1. The monoisotopic (exact) mass is 416 g/mol. The molecule has 0 aromatic heterocycles. The van der Waals surface area contributed by atoms with Crippen LogP contribution in [0.3, 0.4) is 0 Å². The average Bonchev–Trinajstić information content (AvgIpc) is 2.75. The Kier molecular flexibility index (Phi) is 6.66. The maximum absolute atomic E-state index is 12.9. The molecule has 1 atom stereocenters. The van der Waals surface area contributed by atoms with Crippen molar-refractivity contribution in [3.05, 3.63) is 60.2 Å². The molecule has 2 aromatic rings. The molecule has 0 bridgehead atoms. The molecule has 1 N–H and O–H groups in total. The first-order chi connectivity index (χ1) is 13.9. The summed E-state index contributed by atoms with van der Waals surface area (Å²) in [6.07, 6.45) is 1.16. The third-order valence-electron chi connectivity index (χ3n) is 4.82. The summed E-state index contributed by atoms with van der Waals surface area (Å²) >= 11 is 0. The van der Waals surface area contributed by atoms with E-state index in [1.807, 2.05) is 0 Å².